The fourth-order valence-corrected chi connectivity index (χ4v) is 2.00. The minimum Gasteiger partial charge on any atom is -0.293 e. The van der Waals surface area contributed by atoms with Crippen molar-refractivity contribution in [3.8, 4) is 0 Å². The third-order valence-electron chi connectivity index (χ3n) is 2.35. The van der Waals surface area contributed by atoms with Crippen LogP contribution in [0.5, 0.6) is 0 Å². The molecule has 94 valence electrons. The van der Waals surface area contributed by atoms with Gasteiger partial charge in [0.05, 0.1) is 16.0 Å². The fraction of sp³-hybridized carbons (Fsp3) is 0.167. The van der Waals surface area contributed by atoms with Crippen molar-refractivity contribution in [2.45, 2.75) is 12.6 Å². The fourth-order valence-electron chi connectivity index (χ4n) is 1.44. The molecule has 2 nitrogen and oxygen atoms in total. The number of halogens is 3. The van der Waals surface area contributed by atoms with Crippen molar-refractivity contribution in [2.24, 2.45) is 0 Å². The molecule has 0 fully saturated rings. The van der Waals surface area contributed by atoms with E-state index in [0.29, 0.717) is 10.4 Å². The van der Waals surface area contributed by atoms with Gasteiger partial charge < -0.3 is 0 Å². The second-order valence-corrected chi connectivity index (χ2v) is 4.55. The first-order chi connectivity index (χ1) is 8.47. The van der Waals surface area contributed by atoms with E-state index in [4.69, 9.17) is 0 Å². The number of aromatic nitrogens is 1. The lowest BCUT2D eigenvalue weighted by molar-refractivity contribution is -0.137. The lowest BCUT2D eigenvalue weighted by atomic mass is 10.1. The highest BCUT2D eigenvalue weighted by atomic mass is 32.1. The first kappa shape index (κ1) is 12.8. The number of hydrogen-bond donors (Lipinski definition) is 0. The normalized spacial score (nSPS) is 11.5. The summed E-state index contributed by atoms with van der Waals surface area (Å²) < 4.78 is 37.0. The molecule has 0 amide bonds. The highest BCUT2D eigenvalue weighted by Gasteiger charge is 2.29. The molecule has 1 aromatic heterocycles. The third-order valence-corrected chi connectivity index (χ3v) is 3.17. The molecular formula is C12H8F3NOS. The van der Waals surface area contributed by atoms with E-state index in [1.165, 1.54) is 29.7 Å². The van der Waals surface area contributed by atoms with E-state index in [2.05, 4.69) is 4.98 Å². The minimum absolute atomic E-state index is 0.0837. The Labute approximate surface area is 105 Å². The summed E-state index contributed by atoms with van der Waals surface area (Å²) in [7, 11) is 0. The Balaban J connectivity index is 2.09. The predicted molar refractivity (Wildman–Crippen MR) is 61.6 cm³/mol. The molecule has 6 heteroatoms. The van der Waals surface area contributed by atoms with Crippen LogP contribution >= 0.6 is 11.3 Å². The number of Topliss-reactive ketones (excluding diaryl/α,β-unsaturated/α-hetero) is 1. The molecule has 1 heterocycles. The molecule has 2 aromatic rings. The average Bonchev–Trinajstić information content (AvgIpc) is 2.82. The van der Waals surface area contributed by atoms with Crippen LogP contribution in [0.15, 0.2) is 36.0 Å². The van der Waals surface area contributed by atoms with Crippen molar-refractivity contribution in [3.63, 3.8) is 0 Å². The van der Waals surface area contributed by atoms with Gasteiger partial charge in [0.25, 0.3) is 0 Å². The summed E-state index contributed by atoms with van der Waals surface area (Å²) in [5.41, 5.74) is 1.39. The zero-order valence-electron chi connectivity index (χ0n) is 9.07. The van der Waals surface area contributed by atoms with Gasteiger partial charge in [-0.15, -0.1) is 11.3 Å². The van der Waals surface area contributed by atoms with E-state index >= 15 is 0 Å². The summed E-state index contributed by atoms with van der Waals surface area (Å²) in [6.45, 7) is 0. The van der Waals surface area contributed by atoms with Gasteiger partial charge in [0.2, 0.25) is 0 Å². The summed E-state index contributed by atoms with van der Waals surface area (Å²) in [5, 5.41) is 0. The van der Waals surface area contributed by atoms with Crippen molar-refractivity contribution in [1.82, 2.24) is 4.98 Å². The SMILES string of the molecule is O=C(Cc1ccc(C(F)(F)F)cc1)c1cncs1. The van der Waals surface area contributed by atoms with Gasteiger partial charge in [-0.2, -0.15) is 13.2 Å². The Hall–Kier alpha value is -1.69. The molecule has 1 aromatic carbocycles. The highest BCUT2D eigenvalue weighted by Crippen LogP contribution is 2.29. The van der Waals surface area contributed by atoms with Gasteiger partial charge in [0, 0.05) is 12.6 Å². The van der Waals surface area contributed by atoms with Crippen LogP contribution in [-0.4, -0.2) is 10.8 Å². The van der Waals surface area contributed by atoms with Crippen LogP contribution < -0.4 is 0 Å². The van der Waals surface area contributed by atoms with Crippen LogP contribution in [0.3, 0.4) is 0 Å². The van der Waals surface area contributed by atoms with E-state index in [9.17, 15) is 18.0 Å². The number of carbonyl (C=O) groups is 1. The summed E-state index contributed by atoms with van der Waals surface area (Å²) in [4.78, 5) is 16.0. The van der Waals surface area contributed by atoms with Crippen LogP contribution in [0.4, 0.5) is 13.2 Å². The number of ketones is 1. The largest absolute Gasteiger partial charge is 0.416 e. The van der Waals surface area contributed by atoms with Crippen LogP contribution in [0, 0.1) is 0 Å². The monoisotopic (exact) mass is 271 g/mol. The van der Waals surface area contributed by atoms with Crippen LogP contribution in [0.1, 0.15) is 20.8 Å². The van der Waals surface area contributed by atoms with E-state index in [0.717, 1.165) is 12.1 Å². The molecule has 0 N–H and O–H groups in total. The van der Waals surface area contributed by atoms with Gasteiger partial charge >= 0.3 is 6.18 Å². The molecule has 2 rings (SSSR count). The second-order valence-electron chi connectivity index (χ2n) is 3.66. The molecule has 0 aliphatic heterocycles. The Kier molecular flexibility index (Phi) is 3.47. The van der Waals surface area contributed by atoms with Gasteiger partial charge in [-0.3, -0.25) is 9.78 Å². The quantitative estimate of drug-likeness (QED) is 0.798. The summed E-state index contributed by atoms with van der Waals surface area (Å²) in [6.07, 6.45) is -2.81. The van der Waals surface area contributed by atoms with Crippen LogP contribution in [0.25, 0.3) is 0 Å². The second kappa shape index (κ2) is 4.89. The Morgan fingerprint density at radius 2 is 1.89 bits per heavy atom. The maximum Gasteiger partial charge on any atom is 0.416 e. The molecule has 0 aliphatic carbocycles. The maximum atomic E-state index is 12.3. The molecule has 0 unspecified atom stereocenters. The molecule has 0 atom stereocenters. The molecule has 0 radical (unpaired) electrons. The summed E-state index contributed by atoms with van der Waals surface area (Å²) >= 11 is 1.22. The number of thiazole rings is 1. The zero-order chi connectivity index (χ0) is 13.2. The first-order valence-corrected chi connectivity index (χ1v) is 5.92. The zero-order valence-corrected chi connectivity index (χ0v) is 9.89. The molecule has 0 aliphatic rings. The molecule has 0 spiro atoms. The number of hydrogen-bond acceptors (Lipinski definition) is 3. The summed E-state index contributed by atoms with van der Waals surface area (Å²) in [5.74, 6) is -0.141. The smallest absolute Gasteiger partial charge is 0.293 e. The number of alkyl halides is 3. The minimum atomic E-state index is -4.35. The maximum absolute atomic E-state index is 12.3. The summed E-state index contributed by atoms with van der Waals surface area (Å²) in [6, 6.07) is 4.61. The van der Waals surface area contributed by atoms with Gasteiger partial charge in [0.1, 0.15) is 0 Å². The lowest BCUT2D eigenvalue weighted by Crippen LogP contribution is -2.06. The Bertz CT molecular complexity index is 531. The van der Waals surface area contributed by atoms with Crippen molar-refractivity contribution in [2.75, 3.05) is 0 Å². The van der Waals surface area contributed by atoms with E-state index in [-0.39, 0.29) is 12.2 Å². The number of rotatable bonds is 3. The van der Waals surface area contributed by atoms with Crippen molar-refractivity contribution >= 4 is 17.1 Å². The van der Waals surface area contributed by atoms with Gasteiger partial charge in [-0.1, -0.05) is 12.1 Å². The molecule has 0 saturated carbocycles. The Morgan fingerprint density at radius 3 is 2.39 bits per heavy atom. The van der Waals surface area contributed by atoms with Crippen molar-refractivity contribution < 1.29 is 18.0 Å². The van der Waals surface area contributed by atoms with E-state index in [1.807, 2.05) is 0 Å². The highest BCUT2D eigenvalue weighted by molar-refractivity contribution is 7.11. The van der Waals surface area contributed by atoms with Gasteiger partial charge in [-0.05, 0) is 17.7 Å². The number of benzene rings is 1. The van der Waals surface area contributed by atoms with E-state index < -0.39 is 11.7 Å². The van der Waals surface area contributed by atoms with Crippen LogP contribution in [0.2, 0.25) is 0 Å². The average molecular weight is 271 g/mol. The van der Waals surface area contributed by atoms with Crippen molar-refractivity contribution in [3.05, 3.63) is 52.0 Å². The molecular weight excluding hydrogens is 263 g/mol. The predicted octanol–water partition coefficient (Wildman–Crippen LogP) is 3.59. The molecule has 0 bridgehead atoms. The van der Waals surface area contributed by atoms with Gasteiger partial charge in [0.15, 0.2) is 5.78 Å². The first-order valence-electron chi connectivity index (χ1n) is 5.04. The van der Waals surface area contributed by atoms with Gasteiger partial charge in [-0.25, -0.2) is 0 Å². The van der Waals surface area contributed by atoms with Crippen molar-refractivity contribution in [1.29, 1.82) is 0 Å². The Morgan fingerprint density at radius 1 is 1.22 bits per heavy atom. The van der Waals surface area contributed by atoms with E-state index in [1.54, 1.807) is 5.51 Å². The third kappa shape index (κ3) is 2.95. The standard InChI is InChI=1S/C12H8F3NOS/c13-12(14,15)9-3-1-8(2-4-9)5-10(17)11-6-16-7-18-11/h1-4,6-7H,5H2. The lowest BCUT2D eigenvalue weighted by Gasteiger charge is -2.06. The number of carbonyl (C=O) groups excluding carboxylic acids is 1. The number of nitrogens with zero attached hydrogens (tertiary/aromatic N) is 1. The molecule has 0 saturated heterocycles. The van der Waals surface area contributed by atoms with Crippen LogP contribution in [-0.2, 0) is 12.6 Å². The molecule has 18 heavy (non-hydrogen) atoms. The topological polar surface area (TPSA) is 30.0 Å².